The zero-order chi connectivity index (χ0) is 16.3. The van der Waals surface area contributed by atoms with Crippen molar-refractivity contribution in [1.82, 2.24) is 9.29 Å². The van der Waals surface area contributed by atoms with Crippen molar-refractivity contribution in [3.8, 4) is 0 Å². The Labute approximate surface area is 131 Å². The summed E-state index contributed by atoms with van der Waals surface area (Å²) in [4.78, 5) is 11.5. The number of aromatic nitrogens is 1. The van der Waals surface area contributed by atoms with E-state index in [2.05, 4.69) is 9.29 Å². The first-order chi connectivity index (χ1) is 10.3. The molecule has 0 radical (unpaired) electrons. The molecule has 0 amide bonds. The number of rotatable bonds is 6. The SMILES string of the molecule is CC(=O)c1cccc(S(=O)(=O)NCCn2c(C)ccc2C)c1. The van der Waals surface area contributed by atoms with Crippen LogP contribution < -0.4 is 4.72 Å². The number of aryl methyl sites for hydroxylation is 2. The molecule has 0 fully saturated rings. The molecule has 0 saturated carbocycles. The van der Waals surface area contributed by atoms with Gasteiger partial charge in [-0.2, -0.15) is 0 Å². The van der Waals surface area contributed by atoms with Crippen LogP contribution in [0.3, 0.4) is 0 Å². The van der Waals surface area contributed by atoms with Crippen molar-refractivity contribution in [2.24, 2.45) is 0 Å². The van der Waals surface area contributed by atoms with Crippen LogP contribution >= 0.6 is 0 Å². The molecule has 5 nitrogen and oxygen atoms in total. The van der Waals surface area contributed by atoms with Gasteiger partial charge in [-0.05, 0) is 45.0 Å². The highest BCUT2D eigenvalue weighted by Gasteiger charge is 2.15. The van der Waals surface area contributed by atoms with E-state index in [9.17, 15) is 13.2 Å². The number of nitrogens with one attached hydrogen (secondary N) is 1. The zero-order valence-electron chi connectivity index (χ0n) is 13.0. The average Bonchev–Trinajstić information content (AvgIpc) is 2.79. The molecule has 1 N–H and O–H groups in total. The van der Waals surface area contributed by atoms with E-state index in [1.807, 2.05) is 26.0 Å². The second-order valence-electron chi connectivity index (χ2n) is 5.25. The third-order valence-corrected chi connectivity index (χ3v) is 5.05. The smallest absolute Gasteiger partial charge is 0.240 e. The van der Waals surface area contributed by atoms with Crippen LogP contribution in [0.15, 0.2) is 41.3 Å². The fourth-order valence-electron chi connectivity index (χ4n) is 2.31. The fourth-order valence-corrected chi connectivity index (χ4v) is 3.38. The summed E-state index contributed by atoms with van der Waals surface area (Å²) in [5, 5.41) is 0. The molecule has 1 aromatic carbocycles. The van der Waals surface area contributed by atoms with E-state index in [-0.39, 0.29) is 10.7 Å². The molecule has 22 heavy (non-hydrogen) atoms. The van der Waals surface area contributed by atoms with Crippen molar-refractivity contribution in [2.45, 2.75) is 32.2 Å². The number of ketones is 1. The highest BCUT2D eigenvalue weighted by molar-refractivity contribution is 7.89. The maximum atomic E-state index is 12.3. The predicted octanol–water partition coefficient (Wildman–Crippen LogP) is 2.29. The van der Waals surface area contributed by atoms with Gasteiger partial charge in [0.15, 0.2) is 5.78 Å². The minimum atomic E-state index is -3.61. The van der Waals surface area contributed by atoms with Gasteiger partial charge >= 0.3 is 0 Å². The van der Waals surface area contributed by atoms with Crippen LogP contribution in [0, 0.1) is 13.8 Å². The first kappa shape index (κ1) is 16.5. The van der Waals surface area contributed by atoms with Crippen LogP contribution in [0.5, 0.6) is 0 Å². The fraction of sp³-hybridized carbons (Fsp3) is 0.312. The van der Waals surface area contributed by atoms with Crippen molar-refractivity contribution >= 4 is 15.8 Å². The molecule has 2 aromatic rings. The second kappa shape index (κ2) is 6.46. The number of carbonyl (C=O) groups excluding carboxylic acids is 1. The molecule has 0 aliphatic rings. The quantitative estimate of drug-likeness (QED) is 0.830. The minimum absolute atomic E-state index is 0.112. The highest BCUT2D eigenvalue weighted by atomic mass is 32.2. The third-order valence-electron chi connectivity index (χ3n) is 3.60. The van der Waals surface area contributed by atoms with Crippen molar-refractivity contribution in [3.05, 3.63) is 53.3 Å². The first-order valence-corrected chi connectivity index (χ1v) is 8.53. The molecule has 0 aliphatic heterocycles. The average molecular weight is 320 g/mol. The van der Waals surface area contributed by atoms with E-state index in [4.69, 9.17) is 0 Å². The van der Waals surface area contributed by atoms with Crippen LogP contribution in [-0.2, 0) is 16.6 Å². The maximum absolute atomic E-state index is 12.3. The van der Waals surface area contributed by atoms with Gasteiger partial charge < -0.3 is 4.57 Å². The first-order valence-electron chi connectivity index (χ1n) is 7.04. The lowest BCUT2D eigenvalue weighted by Crippen LogP contribution is -2.28. The molecule has 1 aromatic heterocycles. The van der Waals surface area contributed by atoms with Crippen molar-refractivity contribution < 1.29 is 13.2 Å². The molecule has 2 rings (SSSR count). The normalized spacial score (nSPS) is 11.6. The van der Waals surface area contributed by atoms with Gasteiger partial charge in [-0.15, -0.1) is 0 Å². The summed E-state index contributed by atoms with van der Waals surface area (Å²) in [6, 6.07) is 10.1. The molecule has 0 unspecified atom stereocenters. The Morgan fingerprint density at radius 2 is 1.77 bits per heavy atom. The van der Waals surface area contributed by atoms with Gasteiger partial charge in [0.25, 0.3) is 0 Å². The number of sulfonamides is 1. The van der Waals surface area contributed by atoms with E-state index in [0.717, 1.165) is 11.4 Å². The van der Waals surface area contributed by atoms with Gasteiger partial charge in [0.05, 0.1) is 4.90 Å². The number of hydrogen-bond donors (Lipinski definition) is 1. The Hall–Kier alpha value is -1.92. The van der Waals surface area contributed by atoms with Crippen LogP contribution in [0.2, 0.25) is 0 Å². The maximum Gasteiger partial charge on any atom is 0.240 e. The van der Waals surface area contributed by atoms with Gasteiger partial charge in [-0.25, -0.2) is 13.1 Å². The van der Waals surface area contributed by atoms with E-state index >= 15 is 0 Å². The molecule has 0 spiro atoms. The zero-order valence-corrected chi connectivity index (χ0v) is 13.8. The Bertz CT molecular complexity index is 772. The summed E-state index contributed by atoms with van der Waals surface area (Å²) in [7, 11) is -3.61. The summed E-state index contributed by atoms with van der Waals surface area (Å²) in [6.07, 6.45) is 0. The largest absolute Gasteiger partial charge is 0.348 e. The van der Waals surface area contributed by atoms with E-state index in [1.165, 1.54) is 19.1 Å². The van der Waals surface area contributed by atoms with Crippen LogP contribution in [-0.4, -0.2) is 25.3 Å². The molecule has 118 valence electrons. The highest BCUT2D eigenvalue weighted by Crippen LogP contribution is 2.12. The van der Waals surface area contributed by atoms with Crippen molar-refractivity contribution in [1.29, 1.82) is 0 Å². The second-order valence-corrected chi connectivity index (χ2v) is 7.02. The standard InChI is InChI=1S/C16H20N2O3S/c1-12-7-8-13(2)18(12)10-9-17-22(20,21)16-6-4-5-15(11-16)14(3)19/h4-8,11,17H,9-10H2,1-3H3. The molecule has 1 heterocycles. The lowest BCUT2D eigenvalue weighted by Gasteiger charge is -2.11. The predicted molar refractivity (Wildman–Crippen MR) is 85.5 cm³/mol. The Morgan fingerprint density at radius 1 is 1.14 bits per heavy atom. The van der Waals surface area contributed by atoms with Gasteiger partial charge in [-0.3, -0.25) is 4.79 Å². The lowest BCUT2D eigenvalue weighted by atomic mass is 10.2. The number of hydrogen-bond acceptors (Lipinski definition) is 3. The molecule has 0 bridgehead atoms. The topological polar surface area (TPSA) is 68.2 Å². The number of carbonyl (C=O) groups is 1. The van der Waals surface area contributed by atoms with Crippen LogP contribution in [0.1, 0.15) is 28.7 Å². The molecular weight excluding hydrogens is 300 g/mol. The van der Waals surface area contributed by atoms with E-state index in [0.29, 0.717) is 18.7 Å². The number of Topliss-reactive ketones (excluding diaryl/α,β-unsaturated/α-hetero) is 1. The Kier molecular flexibility index (Phi) is 4.83. The summed E-state index contributed by atoms with van der Waals surface area (Å²) in [5.41, 5.74) is 2.57. The minimum Gasteiger partial charge on any atom is -0.348 e. The lowest BCUT2D eigenvalue weighted by molar-refractivity contribution is 0.101. The Balaban J connectivity index is 2.08. The van der Waals surface area contributed by atoms with E-state index < -0.39 is 10.0 Å². The summed E-state index contributed by atoms with van der Waals surface area (Å²) >= 11 is 0. The molecule has 0 saturated heterocycles. The van der Waals surface area contributed by atoms with Gasteiger partial charge in [0, 0.05) is 30.0 Å². The third kappa shape index (κ3) is 3.64. The van der Waals surface area contributed by atoms with Crippen molar-refractivity contribution in [3.63, 3.8) is 0 Å². The van der Waals surface area contributed by atoms with Crippen LogP contribution in [0.25, 0.3) is 0 Å². The van der Waals surface area contributed by atoms with Gasteiger partial charge in [-0.1, -0.05) is 12.1 Å². The number of nitrogens with zero attached hydrogens (tertiary/aromatic N) is 1. The molecular formula is C16H20N2O3S. The van der Waals surface area contributed by atoms with E-state index in [1.54, 1.807) is 12.1 Å². The van der Waals surface area contributed by atoms with Gasteiger partial charge in [0.2, 0.25) is 10.0 Å². The summed E-state index contributed by atoms with van der Waals surface area (Å²) in [5.74, 6) is -0.157. The number of benzene rings is 1. The van der Waals surface area contributed by atoms with Crippen molar-refractivity contribution in [2.75, 3.05) is 6.54 Å². The molecule has 0 atom stereocenters. The summed E-state index contributed by atoms with van der Waals surface area (Å²) in [6.45, 7) is 6.24. The molecule has 6 heteroatoms. The van der Waals surface area contributed by atoms with Crippen LogP contribution in [0.4, 0.5) is 0 Å². The Morgan fingerprint density at radius 3 is 2.36 bits per heavy atom. The monoisotopic (exact) mass is 320 g/mol. The van der Waals surface area contributed by atoms with Gasteiger partial charge in [0.1, 0.15) is 0 Å². The summed E-state index contributed by atoms with van der Waals surface area (Å²) < 4.78 is 29.2. The molecule has 0 aliphatic carbocycles.